The summed E-state index contributed by atoms with van der Waals surface area (Å²) in [6.07, 6.45) is 1.67. The number of primary amides is 1. The van der Waals surface area contributed by atoms with E-state index in [-0.39, 0.29) is 11.1 Å². The van der Waals surface area contributed by atoms with Crippen molar-refractivity contribution in [3.63, 3.8) is 0 Å². The van der Waals surface area contributed by atoms with Crippen LogP contribution in [0.2, 0.25) is 0 Å². The van der Waals surface area contributed by atoms with Crippen LogP contribution in [0.3, 0.4) is 0 Å². The second kappa shape index (κ2) is 8.49. The van der Waals surface area contributed by atoms with Gasteiger partial charge in [0.25, 0.3) is 0 Å². The summed E-state index contributed by atoms with van der Waals surface area (Å²) in [4.78, 5) is 32.6. The molecule has 0 bridgehead atoms. The molecule has 0 spiro atoms. The van der Waals surface area contributed by atoms with Crippen LogP contribution in [0, 0.1) is 5.82 Å². The van der Waals surface area contributed by atoms with Crippen molar-refractivity contribution in [1.29, 1.82) is 0 Å². The van der Waals surface area contributed by atoms with Crippen LogP contribution in [0.4, 0.5) is 10.1 Å². The largest absolute Gasteiger partial charge is 0.480 e. The van der Waals surface area contributed by atoms with Crippen molar-refractivity contribution in [2.45, 2.75) is 30.7 Å². The summed E-state index contributed by atoms with van der Waals surface area (Å²) in [5, 5.41) is 12.4. The zero-order valence-electron chi connectivity index (χ0n) is 18.0. The molecular formula is C25H21FN4O3S. The molecule has 0 aliphatic heterocycles. The van der Waals surface area contributed by atoms with Crippen LogP contribution < -0.4 is 11.1 Å². The second-order valence-corrected chi connectivity index (χ2v) is 9.37. The molecule has 1 atom stereocenters. The normalized spacial score (nSPS) is 15.1. The molecule has 172 valence electrons. The number of carboxylic acid groups (broad SMARTS) is 1. The molecule has 2 aromatic heterocycles. The van der Waals surface area contributed by atoms with Crippen LogP contribution in [-0.2, 0) is 15.0 Å². The number of halogens is 1. The number of fused-ring (bicyclic) bond motifs is 1. The van der Waals surface area contributed by atoms with E-state index in [1.165, 1.54) is 29.0 Å². The van der Waals surface area contributed by atoms with Gasteiger partial charge in [0.15, 0.2) is 0 Å². The third-order valence-electron chi connectivity index (χ3n) is 6.07. The van der Waals surface area contributed by atoms with Gasteiger partial charge in [-0.2, -0.15) is 0 Å². The Balaban J connectivity index is 1.42. The quantitative estimate of drug-likeness (QED) is 0.349. The van der Waals surface area contributed by atoms with Crippen LogP contribution in [0.5, 0.6) is 0 Å². The molecule has 4 aromatic rings. The maximum Gasteiger partial charge on any atom is 0.326 e. The van der Waals surface area contributed by atoms with Gasteiger partial charge in [-0.1, -0.05) is 41.7 Å². The van der Waals surface area contributed by atoms with E-state index in [9.17, 15) is 19.1 Å². The summed E-state index contributed by atoms with van der Waals surface area (Å²) < 4.78 is 14.9. The van der Waals surface area contributed by atoms with Crippen LogP contribution in [0.15, 0.2) is 60.7 Å². The van der Waals surface area contributed by atoms with Gasteiger partial charge in [0.2, 0.25) is 5.91 Å². The fourth-order valence-electron chi connectivity index (χ4n) is 4.15. The summed E-state index contributed by atoms with van der Waals surface area (Å²) in [6.45, 7) is 0. The molecule has 7 nitrogen and oxygen atoms in total. The predicted octanol–water partition coefficient (Wildman–Crippen LogP) is 4.32. The first kappa shape index (κ1) is 22.0. The molecule has 9 heteroatoms. The van der Waals surface area contributed by atoms with Crippen LogP contribution in [0.25, 0.3) is 20.9 Å². The highest BCUT2D eigenvalue weighted by atomic mass is 32.1. The minimum absolute atomic E-state index is 0.0657. The molecule has 4 N–H and O–H groups in total. The Morgan fingerprint density at radius 2 is 1.88 bits per heavy atom. The van der Waals surface area contributed by atoms with Gasteiger partial charge in [-0.25, -0.2) is 19.2 Å². The number of nitrogens with zero attached hydrogens (tertiary/aromatic N) is 2. The molecule has 34 heavy (non-hydrogen) atoms. The summed E-state index contributed by atoms with van der Waals surface area (Å²) in [5.41, 5.74) is 8.49. The van der Waals surface area contributed by atoms with Crippen LogP contribution in [0.1, 0.15) is 30.5 Å². The van der Waals surface area contributed by atoms with Crippen molar-refractivity contribution in [2.24, 2.45) is 5.73 Å². The molecule has 2 heterocycles. The standard InChI is InChI=1S/C25H21FN4O3S/c26-17-12-15(28-19(24(32)33)13-21(27)31)6-7-16(17)22-29-18-8-9-20(30-23(18)34-22)25(10-11-25)14-4-2-1-3-5-14/h1-9,12,19,28H,10-11,13H2,(H2,27,31)(H,32,33)/t19-/m1/s1. The number of nitrogens with one attached hydrogen (secondary N) is 1. The van der Waals surface area contributed by atoms with Gasteiger partial charge in [-0.05, 0) is 48.7 Å². The maximum atomic E-state index is 14.9. The Hall–Kier alpha value is -3.85. The molecule has 0 unspecified atom stereocenters. The van der Waals surface area contributed by atoms with E-state index in [0.29, 0.717) is 16.1 Å². The van der Waals surface area contributed by atoms with E-state index in [1.54, 1.807) is 6.07 Å². The van der Waals surface area contributed by atoms with Crippen molar-refractivity contribution >= 4 is 39.2 Å². The van der Waals surface area contributed by atoms with Gasteiger partial charge in [-0.3, -0.25) is 4.79 Å². The highest BCUT2D eigenvalue weighted by Crippen LogP contribution is 2.53. The number of anilines is 1. The number of hydrogen-bond donors (Lipinski definition) is 3. The maximum absolute atomic E-state index is 14.9. The Morgan fingerprint density at radius 3 is 2.53 bits per heavy atom. The number of aliphatic carboxylic acids is 1. The number of amides is 1. The van der Waals surface area contributed by atoms with Gasteiger partial charge in [-0.15, -0.1) is 0 Å². The summed E-state index contributed by atoms with van der Waals surface area (Å²) >= 11 is 1.31. The SMILES string of the molecule is NC(=O)C[C@@H](Nc1ccc(-c2nc3ccc(C4(c5ccccc5)CC4)nc3s2)c(F)c1)C(=O)O. The highest BCUT2D eigenvalue weighted by Gasteiger charge is 2.47. The second-order valence-electron chi connectivity index (χ2n) is 8.39. The van der Waals surface area contributed by atoms with Gasteiger partial charge in [0.05, 0.1) is 12.1 Å². The molecule has 2 aromatic carbocycles. The van der Waals surface area contributed by atoms with E-state index in [0.717, 1.165) is 23.4 Å². The highest BCUT2D eigenvalue weighted by molar-refractivity contribution is 7.21. The number of rotatable bonds is 8. The van der Waals surface area contributed by atoms with Crippen molar-refractivity contribution in [1.82, 2.24) is 9.97 Å². The number of carboxylic acids is 1. The molecule has 1 aliphatic rings. The number of benzene rings is 2. The molecule has 0 radical (unpaired) electrons. The van der Waals surface area contributed by atoms with Crippen LogP contribution in [-0.4, -0.2) is 33.0 Å². The third-order valence-corrected chi connectivity index (χ3v) is 7.06. The molecule has 5 rings (SSSR count). The van der Waals surface area contributed by atoms with Gasteiger partial charge >= 0.3 is 5.97 Å². The summed E-state index contributed by atoms with van der Waals surface area (Å²) in [5.74, 6) is -2.57. The first-order chi connectivity index (χ1) is 16.4. The number of carbonyl (C=O) groups is 2. The van der Waals surface area contributed by atoms with E-state index >= 15 is 0 Å². The first-order valence-electron chi connectivity index (χ1n) is 10.8. The van der Waals surface area contributed by atoms with Crippen molar-refractivity contribution in [3.05, 3.63) is 77.7 Å². The lowest BCUT2D eigenvalue weighted by Gasteiger charge is -2.14. The molecular weight excluding hydrogens is 455 g/mol. The van der Waals surface area contributed by atoms with E-state index < -0.39 is 30.2 Å². The minimum Gasteiger partial charge on any atom is -0.480 e. The summed E-state index contributed by atoms with van der Waals surface area (Å²) in [7, 11) is 0. The van der Waals surface area contributed by atoms with Crippen LogP contribution >= 0.6 is 11.3 Å². The molecule has 1 amide bonds. The van der Waals surface area contributed by atoms with E-state index in [4.69, 9.17) is 10.7 Å². The Kier molecular flexibility index (Phi) is 5.49. The number of aromatic nitrogens is 2. The number of carbonyl (C=O) groups excluding carboxylic acids is 1. The molecule has 1 saturated carbocycles. The zero-order valence-corrected chi connectivity index (χ0v) is 18.8. The average Bonchev–Trinajstić information content (AvgIpc) is 3.52. The minimum atomic E-state index is -1.25. The number of hydrogen-bond acceptors (Lipinski definition) is 6. The number of pyridine rings is 1. The number of thiazole rings is 1. The molecule has 1 fully saturated rings. The van der Waals surface area contributed by atoms with Gasteiger partial charge in [0.1, 0.15) is 27.2 Å². The third kappa shape index (κ3) is 4.10. The Labute approximate surface area is 198 Å². The van der Waals surface area contributed by atoms with Gasteiger partial charge < -0.3 is 16.2 Å². The van der Waals surface area contributed by atoms with E-state index in [1.807, 2.05) is 30.3 Å². The molecule has 1 aliphatic carbocycles. The lowest BCUT2D eigenvalue weighted by atomic mass is 9.92. The van der Waals surface area contributed by atoms with Crippen molar-refractivity contribution < 1.29 is 19.1 Å². The lowest BCUT2D eigenvalue weighted by molar-refractivity contribution is -0.139. The monoisotopic (exact) mass is 476 g/mol. The topological polar surface area (TPSA) is 118 Å². The van der Waals surface area contributed by atoms with E-state index in [2.05, 4.69) is 22.4 Å². The first-order valence-corrected chi connectivity index (χ1v) is 11.6. The Bertz CT molecular complexity index is 1400. The molecule has 0 saturated heterocycles. The zero-order chi connectivity index (χ0) is 23.9. The average molecular weight is 477 g/mol. The van der Waals surface area contributed by atoms with Gasteiger partial charge in [0, 0.05) is 16.7 Å². The fraction of sp³-hybridized carbons (Fsp3) is 0.200. The van der Waals surface area contributed by atoms with Crippen molar-refractivity contribution in [2.75, 3.05) is 5.32 Å². The Morgan fingerprint density at radius 1 is 1.12 bits per heavy atom. The summed E-state index contributed by atoms with van der Waals surface area (Å²) in [6, 6.07) is 17.3. The predicted molar refractivity (Wildman–Crippen MR) is 128 cm³/mol. The lowest BCUT2D eigenvalue weighted by Crippen LogP contribution is -2.34. The van der Waals surface area contributed by atoms with Crippen molar-refractivity contribution in [3.8, 4) is 10.6 Å². The number of nitrogens with two attached hydrogens (primary N) is 1. The fourth-order valence-corrected chi connectivity index (χ4v) is 5.12. The smallest absolute Gasteiger partial charge is 0.326 e.